The number of hydrogen-bond donors (Lipinski definition) is 1. The van der Waals surface area contributed by atoms with Gasteiger partial charge >= 0.3 is 0 Å². The van der Waals surface area contributed by atoms with Crippen molar-refractivity contribution in [1.29, 1.82) is 0 Å². The van der Waals surface area contributed by atoms with Crippen LogP contribution in [0.4, 0.5) is 5.13 Å². The second kappa shape index (κ2) is 6.62. The molecule has 0 aliphatic carbocycles. The fourth-order valence-corrected chi connectivity index (χ4v) is 5.60. The van der Waals surface area contributed by atoms with Crippen LogP contribution in [0.15, 0.2) is 0 Å². The maximum Gasteiger partial charge on any atom is 0.185 e. The van der Waals surface area contributed by atoms with Gasteiger partial charge in [-0.1, -0.05) is 13.8 Å². The summed E-state index contributed by atoms with van der Waals surface area (Å²) in [4.78, 5) is 8.12. The third kappa shape index (κ3) is 3.76. The molecule has 1 aromatic heterocycles. The lowest BCUT2D eigenvalue weighted by Crippen LogP contribution is -2.32. The first-order valence-corrected chi connectivity index (χ1v) is 10.1. The Morgan fingerprint density at radius 2 is 2.24 bits per heavy atom. The highest BCUT2D eigenvalue weighted by Gasteiger charge is 2.32. The summed E-state index contributed by atoms with van der Waals surface area (Å²) in [5.74, 6) is 0.983. The largest absolute Gasteiger partial charge is 0.347 e. The van der Waals surface area contributed by atoms with Crippen molar-refractivity contribution >= 4 is 26.3 Å². The quantitative estimate of drug-likeness (QED) is 0.864. The molecule has 1 N–H and O–H groups in total. The molecule has 1 saturated heterocycles. The average Bonchev–Trinajstić information content (AvgIpc) is 3.01. The Balaban J connectivity index is 2.23. The molecule has 2 rings (SSSR count). The van der Waals surface area contributed by atoms with Crippen LogP contribution in [0.3, 0.4) is 0 Å². The van der Waals surface area contributed by atoms with Crippen LogP contribution in [-0.2, 0) is 16.4 Å². The van der Waals surface area contributed by atoms with Crippen LogP contribution in [-0.4, -0.2) is 45.0 Å². The molecule has 2 atom stereocenters. The Hall–Kier alpha value is -0.660. The first kappa shape index (κ1) is 16.7. The van der Waals surface area contributed by atoms with E-state index in [1.165, 1.54) is 4.88 Å². The predicted octanol–water partition coefficient (Wildman–Crippen LogP) is 2.00. The molecule has 5 nitrogen and oxygen atoms in total. The van der Waals surface area contributed by atoms with Crippen molar-refractivity contribution in [3.63, 3.8) is 0 Å². The zero-order valence-corrected chi connectivity index (χ0v) is 14.9. The SMILES string of the molecule is CCC(C)c1nc(N(C)C2CCS(=O)(=O)C2)sc1CNC. The lowest BCUT2D eigenvalue weighted by atomic mass is 10.0. The number of nitrogens with one attached hydrogen (secondary N) is 1. The Kier molecular flexibility index (Phi) is 5.27. The molecule has 21 heavy (non-hydrogen) atoms. The summed E-state index contributed by atoms with van der Waals surface area (Å²) in [6.45, 7) is 5.17. The van der Waals surface area contributed by atoms with Crippen molar-refractivity contribution in [2.24, 2.45) is 0 Å². The van der Waals surface area contributed by atoms with Crippen molar-refractivity contribution < 1.29 is 8.42 Å². The van der Waals surface area contributed by atoms with Crippen LogP contribution < -0.4 is 10.2 Å². The van der Waals surface area contributed by atoms with E-state index in [9.17, 15) is 8.42 Å². The van der Waals surface area contributed by atoms with Crippen LogP contribution in [0.2, 0.25) is 0 Å². The Labute approximate surface area is 131 Å². The maximum absolute atomic E-state index is 11.7. The van der Waals surface area contributed by atoms with E-state index in [2.05, 4.69) is 24.1 Å². The molecule has 0 amide bonds. The van der Waals surface area contributed by atoms with Crippen molar-refractivity contribution in [2.45, 2.75) is 45.2 Å². The number of anilines is 1. The highest BCUT2D eigenvalue weighted by atomic mass is 32.2. The van der Waals surface area contributed by atoms with E-state index in [0.29, 0.717) is 18.1 Å². The van der Waals surface area contributed by atoms with Crippen molar-refractivity contribution in [3.05, 3.63) is 10.6 Å². The molecular formula is C14H25N3O2S2. The van der Waals surface area contributed by atoms with Gasteiger partial charge in [-0.2, -0.15) is 0 Å². The van der Waals surface area contributed by atoms with Gasteiger partial charge in [-0.15, -0.1) is 11.3 Å². The van der Waals surface area contributed by atoms with Gasteiger partial charge in [0.25, 0.3) is 0 Å². The van der Waals surface area contributed by atoms with Crippen LogP contribution in [0.1, 0.15) is 43.2 Å². The Morgan fingerprint density at radius 1 is 1.52 bits per heavy atom. The molecule has 2 unspecified atom stereocenters. The summed E-state index contributed by atoms with van der Waals surface area (Å²) >= 11 is 1.68. The molecule has 7 heteroatoms. The number of hydrogen-bond acceptors (Lipinski definition) is 6. The normalized spacial score (nSPS) is 22.4. The second-order valence-electron chi connectivity index (χ2n) is 5.81. The van der Waals surface area contributed by atoms with Gasteiger partial charge in [-0.3, -0.25) is 0 Å². The van der Waals surface area contributed by atoms with Crippen molar-refractivity contribution in [2.75, 3.05) is 30.5 Å². The topological polar surface area (TPSA) is 62.3 Å². The lowest BCUT2D eigenvalue weighted by molar-refractivity contribution is 0.600. The molecule has 0 bridgehead atoms. The van der Waals surface area contributed by atoms with E-state index in [1.807, 2.05) is 14.1 Å². The minimum atomic E-state index is -2.86. The third-order valence-corrected chi connectivity index (χ3v) is 7.10. The van der Waals surface area contributed by atoms with E-state index in [4.69, 9.17) is 4.98 Å². The molecule has 1 aliphatic heterocycles. The molecule has 0 radical (unpaired) electrons. The number of thiazole rings is 1. The number of sulfone groups is 1. The van der Waals surface area contributed by atoms with Gasteiger partial charge in [-0.05, 0) is 25.8 Å². The average molecular weight is 332 g/mol. The number of rotatable bonds is 6. The second-order valence-corrected chi connectivity index (χ2v) is 9.10. The Bertz CT molecular complexity index is 583. The van der Waals surface area contributed by atoms with Gasteiger partial charge in [0, 0.05) is 24.5 Å². The minimum absolute atomic E-state index is 0.0633. The monoisotopic (exact) mass is 331 g/mol. The van der Waals surface area contributed by atoms with E-state index >= 15 is 0 Å². The van der Waals surface area contributed by atoms with E-state index in [0.717, 1.165) is 23.8 Å². The highest BCUT2D eigenvalue weighted by Crippen LogP contribution is 2.33. The maximum atomic E-state index is 11.7. The van der Waals surface area contributed by atoms with Gasteiger partial charge in [0.15, 0.2) is 15.0 Å². The molecular weight excluding hydrogens is 306 g/mol. The molecule has 120 valence electrons. The molecule has 1 aliphatic rings. The summed E-state index contributed by atoms with van der Waals surface area (Å²) in [5.41, 5.74) is 1.15. The number of nitrogens with zero attached hydrogens (tertiary/aromatic N) is 2. The Morgan fingerprint density at radius 3 is 2.76 bits per heavy atom. The molecule has 1 aromatic rings. The third-order valence-electron chi connectivity index (χ3n) is 4.19. The first-order chi connectivity index (χ1) is 9.88. The molecule has 0 saturated carbocycles. The van der Waals surface area contributed by atoms with Crippen LogP contribution >= 0.6 is 11.3 Å². The van der Waals surface area contributed by atoms with Crippen LogP contribution in [0.25, 0.3) is 0 Å². The summed E-state index contributed by atoms with van der Waals surface area (Å²) in [6, 6.07) is 0.0633. The zero-order valence-electron chi connectivity index (χ0n) is 13.2. The fourth-order valence-electron chi connectivity index (χ4n) is 2.60. The summed E-state index contributed by atoms with van der Waals surface area (Å²) < 4.78 is 23.3. The predicted molar refractivity (Wildman–Crippen MR) is 89.0 cm³/mol. The van der Waals surface area contributed by atoms with Gasteiger partial charge in [0.2, 0.25) is 0 Å². The first-order valence-electron chi connectivity index (χ1n) is 7.45. The van der Waals surface area contributed by atoms with E-state index < -0.39 is 9.84 Å². The van der Waals surface area contributed by atoms with Gasteiger partial charge < -0.3 is 10.2 Å². The van der Waals surface area contributed by atoms with Crippen molar-refractivity contribution in [1.82, 2.24) is 10.3 Å². The highest BCUT2D eigenvalue weighted by molar-refractivity contribution is 7.91. The zero-order chi connectivity index (χ0) is 15.6. The smallest absolute Gasteiger partial charge is 0.185 e. The summed E-state index contributed by atoms with van der Waals surface area (Å²) in [6.07, 6.45) is 1.76. The standard InChI is InChI=1S/C14H25N3O2S2/c1-5-10(2)13-12(8-15-3)20-14(16-13)17(4)11-6-7-21(18,19)9-11/h10-11,15H,5-9H2,1-4H3. The van der Waals surface area contributed by atoms with Crippen molar-refractivity contribution in [3.8, 4) is 0 Å². The molecule has 2 heterocycles. The molecule has 0 spiro atoms. The summed E-state index contributed by atoms with van der Waals surface area (Å²) in [5, 5.41) is 4.14. The van der Waals surface area contributed by atoms with Gasteiger partial charge in [-0.25, -0.2) is 13.4 Å². The molecule has 1 fully saturated rings. The summed E-state index contributed by atoms with van der Waals surface area (Å²) in [7, 11) is 1.04. The van der Waals surface area contributed by atoms with E-state index in [1.54, 1.807) is 11.3 Å². The van der Waals surface area contributed by atoms with Gasteiger partial charge in [0.1, 0.15) is 0 Å². The molecule has 0 aromatic carbocycles. The van der Waals surface area contributed by atoms with E-state index in [-0.39, 0.29) is 11.8 Å². The van der Waals surface area contributed by atoms with Gasteiger partial charge in [0.05, 0.1) is 17.2 Å². The lowest BCUT2D eigenvalue weighted by Gasteiger charge is -2.22. The number of aromatic nitrogens is 1. The minimum Gasteiger partial charge on any atom is -0.347 e. The van der Waals surface area contributed by atoms with Crippen LogP contribution in [0, 0.1) is 0 Å². The fraction of sp³-hybridized carbons (Fsp3) is 0.786. The van der Waals surface area contributed by atoms with Crippen LogP contribution in [0.5, 0.6) is 0 Å².